The number of hydrogen-bond acceptors (Lipinski definition) is 6. The Morgan fingerprint density at radius 1 is 0.895 bits per heavy atom. The van der Waals surface area contributed by atoms with E-state index in [0.29, 0.717) is 42.2 Å². The second-order valence-corrected chi connectivity index (χ2v) is 9.72. The molecule has 0 saturated carbocycles. The zero-order chi connectivity index (χ0) is 26.6. The molecule has 38 heavy (non-hydrogen) atoms. The van der Waals surface area contributed by atoms with Gasteiger partial charge >= 0.3 is 5.97 Å². The largest absolute Gasteiger partial charge is 0.493 e. The Bertz CT molecular complexity index is 1390. The Morgan fingerprint density at radius 2 is 1.61 bits per heavy atom. The Kier molecular flexibility index (Phi) is 7.40. The van der Waals surface area contributed by atoms with Gasteiger partial charge in [-0.15, -0.1) is 0 Å². The highest BCUT2D eigenvalue weighted by atomic mass is 16.5. The van der Waals surface area contributed by atoms with E-state index in [0.717, 1.165) is 22.4 Å². The maximum absolute atomic E-state index is 13.7. The average molecular weight is 510 g/mol. The predicted octanol–water partition coefficient (Wildman–Crippen LogP) is 6.02. The third-order valence-corrected chi connectivity index (χ3v) is 7.40. The summed E-state index contributed by atoms with van der Waals surface area (Å²) in [4.78, 5) is 31.5. The van der Waals surface area contributed by atoms with E-state index < -0.39 is 17.8 Å². The Morgan fingerprint density at radius 3 is 2.29 bits per heavy atom. The van der Waals surface area contributed by atoms with Crippen LogP contribution in [0.1, 0.15) is 48.3 Å². The van der Waals surface area contributed by atoms with Crippen molar-refractivity contribution in [3.63, 3.8) is 0 Å². The first-order valence-corrected chi connectivity index (χ1v) is 12.8. The molecule has 6 heteroatoms. The van der Waals surface area contributed by atoms with Crippen molar-refractivity contribution < 1.29 is 23.8 Å². The van der Waals surface area contributed by atoms with Gasteiger partial charge in [-0.2, -0.15) is 0 Å². The third-order valence-electron chi connectivity index (χ3n) is 7.40. The van der Waals surface area contributed by atoms with E-state index in [1.165, 1.54) is 7.11 Å². The lowest BCUT2D eigenvalue weighted by Crippen LogP contribution is -2.37. The second kappa shape index (κ2) is 11.1. The molecule has 5 rings (SSSR count). The summed E-state index contributed by atoms with van der Waals surface area (Å²) in [6, 6.07) is 25.6. The number of ketones is 1. The fraction of sp³-hybridized carbons (Fsp3) is 0.281. The predicted molar refractivity (Wildman–Crippen MR) is 146 cm³/mol. The first-order valence-electron chi connectivity index (χ1n) is 12.8. The van der Waals surface area contributed by atoms with Crippen molar-refractivity contribution in [1.29, 1.82) is 0 Å². The van der Waals surface area contributed by atoms with Crippen LogP contribution < -0.4 is 9.47 Å². The summed E-state index contributed by atoms with van der Waals surface area (Å²) >= 11 is 0. The summed E-state index contributed by atoms with van der Waals surface area (Å²) in [5.41, 5.74) is 4.94. The molecule has 1 heterocycles. The topological polar surface area (TPSA) is 74.2 Å². The van der Waals surface area contributed by atoms with Gasteiger partial charge in [0.05, 0.1) is 14.2 Å². The summed E-state index contributed by atoms with van der Waals surface area (Å²) in [6.45, 7) is 2.23. The van der Waals surface area contributed by atoms with Gasteiger partial charge in [-0.3, -0.25) is 14.6 Å². The summed E-state index contributed by atoms with van der Waals surface area (Å²) < 4.78 is 16.9. The molecule has 0 N–H and O–H groups in total. The quantitative estimate of drug-likeness (QED) is 0.364. The van der Waals surface area contributed by atoms with E-state index in [4.69, 9.17) is 19.2 Å². The molecule has 0 fully saturated rings. The molecule has 3 aromatic carbocycles. The molecule has 1 aliphatic carbocycles. The summed E-state index contributed by atoms with van der Waals surface area (Å²) in [5.74, 6) is -0.438. The van der Waals surface area contributed by atoms with Crippen molar-refractivity contribution in [2.45, 2.75) is 38.2 Å². The number of aliphatic imine (C=N–C) groups is 1. The molecular formula is C32H31NO5. The maximum Gasteiger partial charge on any atom is 0.315 e. The molecule has 3 aromatic rings. The normalized spacial score (nSPS) is 20.9. The van der Waals surface area contributed by atoms with Crippen molar-refractivity contribution in [2.24, 2.45) is 10.9 Å². The van der Waals surface area contributed by atoms with Crippen LogP contribution in [-0.4, -0.2) is 31.7 Å². The fourth-order valence-corrected chi connectivity index (χ4v) is 5.55. The SMILES string of the molecule is COC(=O)C1C(C)=NC2=C(C(=O)C[C@@H](c3ccccc3)C2)[C@H]1c1ccc(OCc2ccccc2)c(OC)c1. The lowest BCUT2D eigenvalue weighted by molar-refractivity contribution is -0.143. The highest BCUT2D eigenvalue weighted by Crippen LogP contribution is 2.48. The van der Waals surface area contributed by atoms with Gasteiger partial charge in [0, 0.05) is 29.3 Å². The minimum atomic E-state index is -0.697. The van der Waals surface area contributed by atoms with Gasteiger partial charge in [-0.25, -0.2) is 0 Å². The first-order chi connectivity index (χ1) is 18.5. The lowest BCUT2D eigenvalue weighted by atomic mass is 9.69. The van der Waals surface area contributed by atoms with Crippen LogP contribution in [0.25, 0.3) is 0 Å². The van der Waals surface area contributed by atoms with Crippen LogP contribution in [0.4, 0.5) is 0 Å². The van der Waals surface area contributed by atoms with Crippen molar-refractivity contribution in [3.8, 4) is 11.5 Å². The number of ether oxygens (including phenoxy) is 3. The van der Waals surface area contributed by atoms with Crippen LogP contribution in [0.3, 0.4) is 0 Å². The van der Waals surface area contributed by atoms with Crippen molar-refractivity contribution >= 4 is 17.5 Å². The highest BCUT2D eigenvalue weighted by molar-refractivity contribution is 6.09. The molecule has 2 aliphatic rings. The summed E-state index contributed by atoms with van der Waals surface area (Å²) in [6.07, 6.45) is 1.01. The zero-order valence-electron chi connectivity index (χ0n) is 21.8. The number of methoxy groups -OCH3 is 2. The summed E-state index contributed by atoms with van der Waals surface area (Å²) in [7, 11) is 2.95. The highest BCUT2D eigenvalue weighted by Gasteiger charge is 2.44. The fourth-order valence-electron chi connectivity index (χ4n) is 5.55. The van der Waals surface area contributed by atoms with Crippen molar-refractivity contribution in [2.75, 3.05) is 14.2 Å². The Hall–Kier alpha value is -4.19. The number of carbonyl (C=O) groups is 2. The number of hydrogen-bond donors (Lipinski definition) is 0. The Labute approximate surface area is 223 Å². The van der Waals surface area contributed by atoms with Crippen LogP contribution in [0.5, 0.6) is 11.5 Å². The van der Waals surface area contributed by atoms with Gasteiger partial charge in [-0.05, 0) is 48.1 Å². The molecule has 0 radical (unpaired) electrons. The number of Topliss-reactive ketones (excluding diaryl/α,β-unsaturated/α-hetero) is 1. The maximum atomic E-state index is 13.7. The molecule has 0 amide bonds. The van der Waals surface area contributed by atoms with Crippen LogP contribution in [0, 0.1) is 5.92 Å². The van der Waals surface area contributed by atoms with Crippen LogP contribution in [-0.2, 0) is 20.9 Å². The molecule has 6 nitrogen and oxygen atoms in total. The van der Waals surface area contributed by atoms with E-state index in [1.807, 2.05) is 73.7 Å². The second-order valence-electron chi connectivity index (χ2n) is 9.72. The van der Waals surface area contributed by atoms with Crippen LogP contribution >= 0.6 is 0 Å². The number of allylic oxidation sites excluding steroid dienone is 2. The smallest absolute Gasteiger partial charge is 0.315 e. The van der Waals surface area contributed by atoms with Gasteiger partial charge in [0.15, 0.2) is 17.3 Å². The molecule has 1 aliphatic heterocycles. The molecule has 0 aromatic heterocycles. The van der Waals surface area contributed by atoms with Crippen molar-refractivity contribution in [1.82, 2.24) is 0 Å². The van der Waals surface area contributed by atoms with E-state index >= 15 is 0 Å². The molecule has 1 unspecified atom stereocenters. The molecule has 3 atom stereocenters. The monoisotopic (exact) mass is 509 g/mol. The van der Waals surface area contributed by atoms with E-state index in [2.05, 4.69) is 12.1 Å². The Balaban J connectivity index is 1.52. The zero-order valence-corrected chi connectivity index (χ0v) is 21.8. The number of benzene rings is 3. The standard InChI is InChI=1S/C32H31NO5/c1-20-29(32(35)37-3)30(31-25(33-20)16-24(17-26(31)34)22-12-8-5-9-13-22)23-14-15-27(28(18-23)36-2)38-19-21-10-6-4-7-11-21/h4-15,18,24,29-30H,16-17,19H2,1-3H3/t24-,29?,30-/m0/s1. The summed E-state index contributed by atoms with van der Waals surface area (Å²) in [5, 5.41) is 0. The molecular weight excluding hydrogens is 478 g/mol. The molecule has 0 saturated heterocycles. The van der Waals surface area contributed by atoms with Crippen LogP contribution in [0.2, 0.25) is 0 Å². The number of carbonyl (C=O) groups excluding carboxylic acids is 2. The first kappa shape index (κ1) is 25.5. The van der Waals surface area contributed by atoms with Gasteiger partial charge in [0.2, 0.25) is 0 Å². The number of esters is 1. The minimum absolute atomic E-state index is 0.0126. The minimum Gasteiger partial charge on any atom is -0.493 e. The average Bonchev–Trinajstić information content (AvgIpc) is 2.95. The van der Waals surface area contributed by atoms with Crippen LogP contribution in [0.15, 0.2) is 95.1 Å². The van der Waals surface area contributed by atoms with Gasteiger partial charge in [-0.1, -0.05) is 66.7 Å². The van der Waals surface area contributed by atoms with Gasteiger partial charge in [0.25, 0.3) is 0 Å². The molecule has 194 valence electrons. The van der Waals surface area contributed by atoms with E-state index in [9.17, 15) is 9.59 Å². The van der Waals surface area contributed by atoms with E-state index in [1.54, 1.807) is 7.11 Å². The van der Waals surface area contributed by atoms with Gasteiger partial charge in [0.1, 0.15) is 12.5 Å². The van der Waals surface area contributed by atoms with E-state index in [-0.39, 0.29) is 11.7 Å². The molecule has 0 spiro atoms. The van der Waals surface area contributed by atoms with Crippen molar-refractivity contribution in [3.05, 3.63) is 107 Å². The molecule has 0 bridgehead atoms. The number of nitrogens with zero attached hydrogens (tertiary/aromatic N) is 1. The number of rotatable bonds is 7. The lowest BCUT2D eigenvalue weighted by Gasteiger charge is -2.36. The third kappa shape index (κ3) is 4.99. The van der Waals surface area contributed by atoms with Gasteiger partial charge < -0.3 is 14.2 Å².